The molecule has 0 spiro atoms. The van der Waals surface area contributed by atoms with Crippen LogP contribution in [0.1, 0.15) is 22.8 Å². The summed E-state index contributed by atoms with van der Waals surface area (Å²) in [5, 5.41) is 0. The fourth-order valence-electron chi connectivity index (χ4n) is 2.75. The Morgan fingerprint density at radius 2 is 1.03 bits per heavy atom. The molecule has 2 heterocycles. The van der Waals surface area contributed by atoms with Gasteiger partial charge in [0.25, 0.3) is 0 Å². The fourth-order valence-corrected chi connectivity index (χ4v) is 2.75. The number of imidazole rings is 2. The number of hydrogen-bond acceptors (Lipinski definition) is 4. The van der Waals surface area contributed by atoms with Crippen molar-refractivity contribution in [1.29, 1.82) is 0 Å². The van der Waals surface area contributed by atoms with Gasteiger partial charge in [-0.15, -0.1) is 24.8 Å². The minimum Gasteiger partial charge on any atom is -0.458 e. The van der Waals surface area contributed by atoms with Crippen LogP contribution in [0, 0.1) is 0 Å². The topological polar surface area (TPSA) is 75.8 Å². The Bertz CT molecular complexity index is 862. The van der Waals surface area contributed by atoms with E-state index in [0.717, 1.165) is 36.0 Å². The molecule has 0 aliphatic rings. The molecule has 6 nitrogen and oxygen atoms in total. The van der Waals surface area contributed by atoms with E-state index >= 15 is 0 Å². The molecule has 0 atom stereocenters. The largest absolute Gasteiger partial charge is 0.458 e. The summed E-state index contributed by atoms with van der Waals surface area (Å²) in [5.74, 6) is 3.44. The maximum atomic E-state index is 5.65. The second-order valence-corrected chi connectivity index (χ2v) is 6.12. The number of aromatic nitrogens is 4. The summed E-state index contributed by atoms with van der Waals surface area (Å²) >= 11 is 0. The van der Waals surface area contributed by atoms with Crippen molar-refractivity contribution >= 4 is 24.8 Å². The number of benzene rings is 2. The highest BCUT2D eigenvalue weighted by molar-refractivity contribution is 5.85. The number of nitrogens with one attached hydrogen (secondary N) is 2. The van der Waals surface area contributed by atoms with Crippen LogP contribution in [0.2, 0.25) is 0 Å². The van der Waals surface area contributed by atoms with Crippen molar-refractivity contribution in [2.24, 2.45) is 0 Å². The van der Waals surface area contributed by atoms with Gasteiger partial charge >= 0.3 is 0 Å². The summed E-state index contributed by atoms with van der Waals surface area (Å²) in [7, 11) is 0. The molecule has 2 aromatic heterocycles. The van der Waals surface area contributed by atoms with E-state index in [1.165, 1.54) is 11.1 Å². The van der Waals surface area contributed by atoms with Gasteiger partial charge in [-0.05, 0) is 35.4 Å². The van der Waals surface area contributed by atoms with Crippen LogP contribution in [0.15, 0.2) is 73.3 Å². The van der Waals surface area contributed by atoms with E-state index < -0.39 is 0 Å². The molecule has 0 radical (unpaired) electrons. The molecule has 8 heteroatoms. The van der Waals surface area contributed by atoms with Crippen molar-refractivity contribution in [2.45, 2.75) is 12.8 Å². The van der Waals surface area contributed by atoms with E-state index in [1.54, 1.807) is 12.4 Å². The van der Waals surface area contributed by atoms with Gasteiger partial charge in [0.15, 0.2) is 0 Å². The second kappa shape index (κ2) is 11.1. The summed E-state index contributed by atoms with van der Waals surface area (Å²) in [4.78, 5) is 14.7. The lowest BCUT2D eigenvalue weighted by atomic mass is 10.1. The third-order valence-electron chi connectivity index (χ3n) is 4.15. The molecular formula is C21H22Cl2N4O2. The van der Waals surface area contributed by atoms with Gasteiger partial charge in [-0.2, -0.15) is 0 Å². The Kier molecular flexibility index (Phi) is 8.58. The quantitative estimate of drug-likeness (QED) is 0.399. The first-order valence-corrected chi connectivity index (χ1v) is 8.75. The van der Waals surface area contributed by atoms with Crippen molar-refractivity contribution in [3.05, 3.63) is 96.1 Å². The Labute approximate surface area is 181 Å². The average molecular weight is 433 g/mol. The molecular weight excluding hydrogens is 411 g/mol. The third-order valence-corrected chi connectivity index (χ3v) is 4.15. The molecule has 29 heavy (non-hydrogen) atoms. The molecule has 0 amide bonds. The van der Waals surface area contributed by atoms with Gasteiger partial charge in [0.1, 0.15) is 23.1 Å². The predicted molar refractivity (Wildman–Crippen MR) is 116 cm³/mol. The Morgan fingerprint density at radius 3 is 1.38 bits per heavy atom. The van der Waals surface area contributed by atoms with Gasteiger partial charge in [-0.1, -0.05) is 24.3 Å². The smallest absolute Gasteiger partial charge is 0.230 e. The van der Waals surface area contributed by atoms with Crippen LogP contribution in [0.3, 0.4) is 0 Å². The van der Waals surface area contributed by atoms with Crippen molar-refractivity contribution in [1.82, 2.24) is 19.9 Å². The van der Waals surface area contributed by atoms with Gasteiger partial charge in [0.2, 0.25) is 6.79 Å². The first kappa shape index (κ1) is 22.3. The van der Waals surface area contributed by atoms with E-state index in [0.29, 0.717) is 0 Å². The normalized spacial score (nSPS) is 9.93. The molecule has 0 saturated heterocycles. The molecule has 0 bridgehead atoms. The molecule has 0 fully saturated rings. The molecule has 0 aliphatic heterocycles. The van der Waals surface area contributed by atoms with E-state index in [9.17, 15) is 0 Å². The lowest BCUT2D eigenvalue weighted by molar-refractivity contribution is 0.120. The van der Waals surface area contributed by atoms with Gasteiger partial charge in [-0.3, -0.25) is 0 Å². The number of H-pyrrole nitrogens is 2. The van der Waals surface area contributed by atoms with Crippen molar-refractivity contribution in [3.8, 4) is 11.5 Å². The highest BCUT2D eigenvalue weighted by Gasteiger charge is 2.01. The van der Waals surface area contributed by atoms with Crippen molar-refractivity contribution in [2.75, 3.05) is 6.79 Å². The zero-order chi connectivity index (χ0) is 18.3. The number of rotatable bonds is 8. The molecule has 4 aromatic rings. The highest BCUT2D eigenvalue weighted by Crippen LogP contribution is 2.17. The van der Waals surface area contributed by atoms with E-state index in [1.807, 2.05) is 60.9 Å². The Hall–Kier alpha value is -2.96. The first-order valence-electron chi connectivity index (χ1n) is 8.75. The fraction of sp³-hybridized carbons (Fsp3) is 0.143. The standard InChI is InChI=1S/C21H20N4O2.2ClH/c1-5-18(6-2-16(1)13-20-22-9-10-23-20)26-15-27-19-7-3-17(4-8-19)14-21-24-11-12-25-21;;/h1-12H,13-15H2,(H,22,23)(H,24,25);2*1H. The minimum atomic E-state index is 0. The number of hydrogen-bond donors (Lipinski definition) is 2. The summed E-state index contributed by atoms with van der Waals surface area (Å²) < 4.78 is 11.3. The van der Waals surface area contributed by atoms with Gasteiger partial charge < -0.3 is 19.4 Å². The van der Waals surface area contributed by atoms with Gasteiger partial charge in [0, 0.05) is 37.6 Å². The molecule has 0 unspecified atom stereocenters. The number of halogens is 2. The molecule has 4 rings (SSSR count). The van der Waals surface area contributed by atoms with Crippen LogP contribution in [0.25, 0.3) is 0 Å². The summed E-state index contributed by atoms with van der Waals surface area (Å²) in [6.45, 7) is 0.162. The van der Waals surface area contributed by atoms with Crippen LogP contribution in [0.5, 0.6) is 11.5 Å². The lowest BCUT2D eigenvalue weighted by Gasteiger charge is -2.09. The maximum Gasteiger partial charge on any atom is 0.230 e. The number of nitrogens with zero attached hydrogens (tertiary/aromatic N) is 2. The number of ether oxygens (including phenoxy) is 2. The van der Waals surface area contributed by atoms with Crippen LogP contribution in [0.4, 0.5) is 0 Å². The lowest BCUT2D eigenvalue weighted by Crippen LogP contribution is -2.05. The zero-order valence-corrected chi connectivity index (χ0v) is 17.2. The molecule has 152 valence electrons. The monoisotopic (exact) mass is 432 g/mol. The van der Waals surface area contributed by atoms with E-state index in [2.05, 4.69) is 19.9 Å². The van der Waals surface area contributed by atoms with Crippen LogP contribution in [-0.2, 0) is 12.8 Å². The zero-order valence-electron chi connectivity index (χ0n) is 15.6. The molecule has 0 saturated carbocycles. The summed E-state index contributed by atoms with van der Waals surface area (Å²) in [6, 6.07) is 15.9. The first-order chi connectivity index (χ1) is 13.3. The third kappa shape index (κ3) is 6.55. The SMILES string of the molecule is Cl.Cl.c1c[nH]c(Cc2ccc(OCOc3ccc(Cc4ncc[nH]4)cc3)cc2)n1. The van der Waals surface area contributed by atoms with Crippen LogP contribution < -0.4 is 9.47 Å². The average Bonchev–Trinajstić information content (AvgIpc) is 3.39. The number of aromatic amines is 2. The minimum absolute atomic E-state index is 0. The van der Waals surface area contributed by atoms with Crippen molar-refractivity contribution in [3.63, 3.8) is 0 Å². The Morgan fingerprint density at radius 1 is 0.621 bits per heavy atom. The van der Waals surface area contributed by atoms with Crippen molar-refractivity contribution < 1.29 is 9.47 Å². The van der Waals surface area contributed by atoms with E-state index in [-0.39, 0.29) is 31.6 Å². The highest BCUT2D eigenvalue weighted by atomic mass is 35.5. The predicted octanol–water partition coefficient (Wildman–Crippen LogP) is 4.57. The van der Waals surface area contributed by atoms with Gasteiger partial charge in [0.05, 0.1) is 0 Å². The molecule has 2 aromatic carbocycles. The van der Waals surface area contributed by atoms with Gasteiger partial charge in [-0.25, -0.2) is 9.97 Å². The van der Waals surface area contributed by atoms with E-state index in [4.69, 9.17) is 9.47 Å². The second-order valence-electron chi connectivity index (χ2n) is 6.12. The van der Waals surface area contributed by atoms with Crippen LogP contribution in [-0.4, -0.2) is 26.7 Å². The summed E-state index contributed by atoms with van der Waals surface area (Å²) in [6.07, 6.45) is 8.71. The summed E-state index contributed by atoms with van der Waals surface area (Å²) in [5.41, 5.74) is 2.34. The van der Waals surface area contributed by atoms with Crippen LogP contribution >= 0.6 is 24.8 Å². The maximum absolute atomic E-state index is 5.65. The molecule has 2 N–H and O–H groups in total. The molecule has 0 aliphatic carbocycles. The Balaban J connectivity index is 0.00000150.